The highest BCUT2D eigenvalue weighted by Crippen LogP contribution is 2.36. The number of hydrogen-bond acceptors (Lipinski definition) is 4. The van der Waals surface area contributed by atoms with Gasteiger partial charge >= 0.3 is 0 Å². The third-order valence-electron chi connectivity index (χ3n) is 4.71. The lowest BCUT2D eigenvalue weighted by molar-refractivity contribution is 0.328. The van der Waals surface area contributed by atoms with Gasteiger partial charge in [0.2, 0.25) is 0 Å². The van der Waals surface area contributed by atoms with Gasteiger partial charge in [-0.05, 0) is 58.5 Å². The number of rotatable bonds is 7. The molecule has 0 fully saturated rings. The molecule has 0 spiro atoms. The van der Waals surface area contributed by atoms with E-state index in [1.165, 1.54) is 0 Å². The monoisotopic (exact) mass is 384 g/mol. The highest BCUT2D eigenvalue weighted by molar-refractivity contribution is 5.98. The lowest BCUT2D eigenvalue weighted by Gasteiger charge is -2.17. The van der Waals surface area contributed by atoms with Gasteiger partial charge in [-0.1, -0.05) is 55.5 Å². The van der Waals surface area contributed by atoms with Crippen molar-refractivity contribution in [3.05, 3.63) is 95.1 Å². The van der Waals surface area contributed by atoms with Crippen molar-refractivity contribution in [2.75, 3.05) is 13.2 Å². The third-order valence-corrected chi connectivity index (χ3v) is 4.71. The summed E-state index contributed by atoms with van der Waals surface area (Å²) < 4.78 is 5.60. The van der Waals surface area contributed by atoms with Crippen LogP contribution in [0.15, 0.2) is 72.8 Å². The Morgan fingerprint density at radius 3 is 2.28 bits per heavy atom. The zero-order valence-corrected chi connectivity index (χ0v) is 16.4. The summed E-state index contributed by atoms with van der Waals surface area (Å²) >= 11 is 0. The normalized spacial score (nSPS) is 11.5. The van der Waals surface area contributed by atoms with Crippen LogP contribution >= 0.6 is 0 Å². The highest BCUT2D eigenvalue weighted by Gasteiger charge is 2.15. The molecule has 29 heavy (non-hydrogen) atoms. The summed E-state index contributed by atoms with van der Waals surface area (Å²) in [5.41, 5.74) is 11.0. The molecule has 0 aliphatic rings. The first kappa shape index (κ1) is 20.2. The van der Waals surface area contributed by atoms with E-state index in [0.29, 0.717) is 13.2 Å². The fourth-order valence-electron chi connectivity index (χ4n) is 3.36. The van der Waals surface area contributed by atoms with Crippen LogP contribution in [0.25, 0.3) is 11.1 Å². The van der Waals surface area contributed by atoms with E-state index in [0.717, 1.165) is 40.0 Å². The Hall–Kier alpha value is -3.55. The summed E-state index contributed by atoms with van der Waals surface area (Å²) in [7, 11) is 0. The summed E-state index contributed by atoms with van der Waals surface area (Å²) in [6, 6.07) is 25.3. The number of ether oxygens (including phenoxy) is 1. The van der Waals surface area contributed by atoms with Crippen LogP contribution in [0, 0.1) is 11.3 Å². The highest BCUT2D eigenvalue weighted by atomic mass is 16.5. The number of phenolic OH excluding ortho intramolecular Hbond substituents is 1. The molecule has 4 heteroatoms. The molecule has 3 aromatic carbocycles. The maximum atomic E-state index is 9.95. The molecule has 4 nitrogen and oxygen atoms in total. The lowest BCUT2D eigenvalue weighted by Crippen LogP contribution is -2.10. The van der Waals surface area contributed by atoms with Crippen molar-refractivity contribution in [1.82, 2.24) is 0 Å². The zero-order chi connectivity index (χ0) is 20.6. The first-order valence-electron chi connectivity index (χ1n) is 9.63. The van der Waals surface area contributed by atoms with Crippen LogP contribution in [-0.4, -0.2) is 18.3 Å². The van der Waals surface area contributed by atoms with Gasteiger partial charge in [0, 0.05) is 6.54 Å². The Morgan fingerprint density at radius 2 is 1.66 bits per heavy atom. The smallest absolute Gasteiger partial charge is 0.133 e. The maximum Gasteiger partial charge on any atom is 0.133 e. The van der Waals surface area contributed by atoms with E-state index < -0.39 is 0 Å². The molecule has 0 aliphatic heterocycles. The van der Waals surface area contributed by atoms with Gasteiger partial charge in [0.15, 0.2) is 0 Å². The molecule has 0 bridgehead atoms. The minimum Gasteiger partial charge on any atom is -0.507 e. The van der Waals surface area contributed by atoms with E-state index in [9.17, 15) is 10.4 Å². The summed E-state index contributed by atoms with van der Waals surface area (Å²) in [6.45, 7) is 3.05. The van der Waals surface area contributed by atoms with Gasteiger partial charge in [-0.25, -0.2) is 0 Å². The molecule has 0 radical (unpaired) electrons. The summed E-state index contributed by atoms with van der Waals surface area (Å²) in [6.07, 6.45) is 0.813. The van der Waals surface area contributed by atoms with Crippen molar-refractivity contribution in [2.45, 2.75) is 13.3 Å². The number of aromatic hydroxyl groups is 1. The number of nitrogens with zero attached hydrogens (tertiary/aromatic N) is 1. The number of nitrogens with two attached hydrogens (primary N) is 1. The quantitative estimate of drug-likeness (QED) is 0.564. The Bertz CT molecular complexity index is 1030. The van der Waals surface area contributed by atoms with Gasteiger partial charge in [-0.3, -0.25) is 0 Å². The molecule has 146 valence electrons. The minimum atomic E-state index is -0.0149. The number of nitriles is 1. The fraction of sp³-hybridized carbons (Fsp3) is 0.160. The first-order valence-corrected chi connectivity index (χ1v) is 9.63. The number of allylic oxidation sites excluding steroid dienone is 1. The lowest BCUT2D eigenvalue weighted by atomic mass is 9.87. The van der Waals surface area contributed by atoms with Crippen molar-refractivity contribution in [3.63, 3.8) is 0 Å². The molecule has 3 rings (SSSR count). The molecular weight excluding hydrogens is 360 g/mol. The second kappa shape index (κ2) is 9.59. The van der Waals surface area contributed by atoms with Crippen molar-refractivity contribution in [2.24, 2.45) is 5.73 Å². The molecule has 3 N–H and O–H groups in total. The Kier molecular flexibility index (Phi) is 6.67. The van der Waals surface area contributed by atoms with E-state index >= 15 is 0 Å². The third kappa shape index (κ3) is 4.66. The average Bonchev–Trinajstić information content (AvgIpc) is 2.77. The SMILES string of the molecule is CCC(=C(c1ccc(OCCN)cc1)c1ccc(O)c(C#N)c1)c1ccccc1. The van der Waals surface area contributed by atoms with Gasteiger partial charge in [0.25, 0.3) is 0 Å². The largest absolute Gasteiger partial charge is 0.507 e. The molecule has 3 aromatic rings. The average molecular weight is 384 g/mol. The van der Waals surface area contributed by atoms with Gasteiger partial charge in [0.05, 0.1) is 5.56 Å². The number of hydrogen-bond donors (Lipinski definition) is 2. The van der Waals surface area contributed by atoms with E-state index in [1.807, 2.05) is 48.5 Å². The Labute approximate surface area is 171 Å². The molecular formula is C25H24N2O2. The standard InChI is InChI=1S/C25H24N2O2/c1-2-23(18-6-4-3-5-7-18)25(20-10-13-24(28)21(16-20)17-27)19-8-11-22(12-9-19)29-15-14-26/h3-13,16,28H,2,14-15,26H2,1H3. The van der Waals surface area contributed by atoms with Crippen molar-refractivity contribution >= 4 is 11.1 Å². The van der Waals surface area contributed by atoms with Crippen molar-refractivity contribution in [3.8, 4) is 17.6 Å². The molecule has 0 saturated carbocycles. The second-order valence-corrected chi connectivity index (χ2v) is 6.58. The van der Waals surface area contributed by atoms with Crippen LogP contribution in [0.4, 0.5) is 0 Å². The number of benzene rings is 3. The van der Waals surface area contributed by atoms with E-state index in [2.05, 4.69) is 25.1 Å². The number of phenols is 1. The summed E-state index contributed by atoms with van der Waals surface area (Å²) in [4.78, 5) is 0. The molecule has 0 aliphatic carbocycles. The van der Waals surface area contributed by atoms with Crippen molar-refractivity contribution in [1.29, 1.82) is 5.26 Å². The van der Waals surface area contributed by atoms with Crippen LogP contribution < -0.4 is 10.5 Å². The molecule has 0 amide bonds. The van der Waals surface area contributed by atoms with Gasteiger partial charge in [-0.15, -0.1) is 0 Å². The fourth-order valence-corrected chi connectivity index (χ4v) is 3.36. The Morgan fingerprint density at radius 1 is 0.966 bits per heavy atom. The van der Waals surface area contributed by atoms with E-state index in [1.54, 1.807) is 12.1 Å². The van der Waals surface area contributed by atoms with Crippen LogP contribution in [0.1, 0.15) is 35.6 Å². The van der Waals surface area contributed by atoms with Crippen LogP contribution in [0.2, 0.25) is 0 Å². The van der Waals surface area contributed by atoms with Crippen LogP contribution in [0.5, 0.6) is 11.5 Å². The first-order chi connectivity index (χ1) is 14.2. The van der Waals surface area contributed by atoms with E-state index in [4.69, 9.17) is 10.5 Å². The van der Waals surface area contributed by atoms with Crippen molar-refractivity contribution < 1.29 is 9.84 Å². The van der Waals surface area contributed by atoms with Crippen LogP contribution in [-0.2, 0) is 0 Å². The van der Waals surface area contributed by atoms with Crippen LogP contribution in [0.3, 0.4) is 0 Å². The van der Waals surface area contributed by atoms with Gasteiger partial charge < -0.3 is 15.6 Å². The molecule has 0 atom stereocenters. The minimum absolute atomic E-state index is 0.0149. The molecule has 0 heterocycles. The van der Waals surface area contributed by atoms with Gasteiger partial charge in [0.1, 0.15) is 24.2 Å². The molecule has 0 aromatic heterocycles. The predicted octanol–water partition coefficient (Wildman–Crippen LogP) is 4.97. The Balaban J connectivity index is 2.19. The topological polar surface area (TPSA) is 79.3 Å². The molecule has 0 unspecified atom stereocenters. The predicted molar refractivity (Wildman–Crippen MR) is 116 cm³/mol. The second-order valence-electron chi connectivity index (χ2n) is 6.58. The zero-order valence-electron chi connectivity index (χ0n) is 16.4. The maximum absolute atomic E-state index is 9.95. The molecule has 0 saturated heterocycles. The van der Waals surface area contributed by atoms with Gasteiger partial charge in [-0.2, -0.15) is 5.26 Å². The summed E-state index contributed by atoms with van der Waals surface area (Å²) in [5.74, 6) is 0.749. The van der Waals surface area contributed by atoms with E-state index in [-0.39, 0.29) is 11.3 Å². The summed E-state index contributed by atoms with van der Waals surface area (Å²) in [5, 5.41) is 19.3.